The van der Waals surface area contributed by atoms with Crippen molar-refractivity contribution in [3.8, 4) is 0 Å². The van der Waals surface area contributed by atoms with E-state index in [0.29, 0.717) is 40.3 Å². The largest absolute Gasteiger partial charge is 0.385 e. The van der Waals surface area contributed by atoms with Gasteiger partial charge in [-0.1, -0.05) is 18.5 Å². The highest BCUT2D eigenvalue weighted by molar-refractivity contribution is 6.31. The van der Waals surface area contributed by atoms with E-state index in [1.165, 1.54) is 4.68 Å². The Hall–Kier alpha value is -2.95. The molecule has 0 saturated heterocycles. The molecule has 2 heterocycles. The summed E-state index contributed by atoms with van der Waals surface area (Å²) in [6.07, 6.45) is 0.965. The molecule has 36 heavy (non-hydrogen) atoms. The van der Waals surface area contributed by atoms with E-state index in [1.807, 2.05) is 6.92 Å². The van der Waals surface area contributed by atoms with Crippen LogP contribution in [0.25, 0.3) is 10.9 Å². The molecule has 0 aliphatic carbocycles. The fourth-order valence-corrected chi connectivity index (χ4v) is 4.86. The maximum absolute atomic E-state index is 14.4. The summed E-state index contributed by atoms with van der Waals surface area (Å²) in [5.74, 6) is -3.03. The minimum atomic E-state index is -1.27. The Balaban J connectivity index is 1.75. The molecular weight excluding hydrogens is 493 g/mol. The summed E-state index contributed by atoms with van der Waals surface area (Å²) in [5, 5.41) is 14.2. The number of rotatable bonds is 7. The second-order valence-corrected chi connectivity index (χ2v) is 9.53. The van der Waals surface area contributed by atoms with E-state index in [9.17, 15) is 13.2 Å². The van der Waals surface area contributed by atoms with Gasteiger partial charge in [-0.2, -0.15) is 14.8 Å². The molecule has 7 nitrogen and oxygen atoms in total. The molecule has 0 radical (unpaired) electrons. The van der Waals surface area contributed by atoms with Crippen molar-refractivity contribution in [1.29, 1.82) is 5.41 Å². The van der Waals surface area contributed by atoms with Gasteiger partial charge in [-0.25, -0.2) is 13.2 Å². The van der Waals surface area contributed by atoms with Crippen LogP contribution in [0.1, 0.15) is 31.0 Å². The number of nitrogens with zero attached hydrogens (tertiary/aromatic N) is 4. The molecule has 3 atom stereocenters. The number of aromatic nitrogens is 2. The van der Waals surface area contributed by atoms with Crippen LogP contribution in [0, 0.1) is 34.7 Å². The fraction of sp³-hybridized carbons (Fsp3) is 0.400. The molecule has 3 N–H and O–H groups in total. The smallest absolute Gasteiger partial charge is 0.229 e. The third-order valence-electron chi connectivity index (χ3n) is 6.62. The van der Waals surface area contributed by atoms with Gasteiger partial charge in [-0.15, -0.1) is 0 Å². The number of benzene rings is 2. The van der Waals surface area contributed by atoms with E-state index >= 15 is 0 Å². The highest BCUT2D eigenvalue weighted by atomic mass is 35.5. The lowest BCUT2D eigenvalue weighted by Gasteiger charge is -2.39. The van der Waals surface area contributed by atoms with Crippen LogP contribution in [-0.4, -0.2) is 53.4 Å². The maximum atomic E-state index is 14.4. The van der Waals surface area contributed by atoms with Crippen LogP contribution < -0.4 is 5.73 Å². The van der Waals surface area contributed by atoms with Crippen LogP contribution in [-0.2, 0) is 11.2 Å². The predicted octanol–water partition coefficient (Wildman–Crippen LogP) is 4.79. The SMILES string of the molecule is COCCCC(C)C1C(=N)N=C(n2nc(Cc3cc(F)cc(F)c3F)c3cc(Cl)ccc32)N(C)C1N. The standard InChI is InChI=1S/C25H28ClF3N6O/c1-13(5-4-8-36-3)21-23(30)32-25(34(2)24(21)31)35-20-7-6-15(26)11-17(20)19(33-35)10-14-9-16(27)12-18(28)22(14)29/h6-7,9,11-13,21,24,30H,4-5,8,10,31H2,1-3H3. The first-order valence-electron chi connectivity index (χ1n) is 11.6. The number of nitrogens with one attached hydrogen (secondary N) is 1. The van der Waals surface area contributed by atoms with Crippen molar-refractivity contribution >= 4 is 34.3 Å². The summed E-state index contributed by atoms with van der Waals surface area (Å²) in [7, 11) is 3.42. The molecule has 0 saturated carbocycles. The van der Waals surface area contributed by atoms with E-state index in [4.69, 9.17) is 27.5 Å². The first-order valence-corrected chi connectivity index (χ1v) is 12.0. The molecule has 3 aromatic rings. The number of fused-ring (bicyclic) bond motifs is 1. The highest BCUT2D eigenvalue weighted by Crippen LogP contribution is 2.30. The van der Waals surface area contributed by atoms with Crippen molar-refractivity contribution in [2.75, 3.05) is 20.8 Å². The molecule has 2 aromatic carbocycles. The topological polar surface area (TPSA) is 92.5 Å². The van der Waals surface area contributed by atoms with E-state index in [0.717, 1.165) is 18.9 Å². The molecule has 192 valence electrons. The number of ether oxygens (including phenoxy) is 1. The summed E-state index contributed by atoms with van der Waals surface area (Å²) in [6, 6.07) is 6.49. The Kier molecular flexibility index (Phi) is 7.67. The molecule has 0 bridgehead atoms. The highest BCUT2D eigenvalue weighted by Gasteiger charge is 2.37. The minimum absolute atomic E-state index is 0.102. The number of halogens is 4. The average Bonchev–Trinajstić information content (AvgIpc) is 3.17. The number of hydrogen-bond acceptors (Lipinski definition) is 5. The van der Waals surface area contributed by atoms with Crippen molar-refractivity contribution in [1.82, 2.24) is 14.7 Å². The number of methoxy groups -OCH3 is 1. The van der Waals surface area contributed by atoms with Crippen molar-refractivity contribution in [2.45, 2.75) is 32.4 Å². The Bertz CT molecular complexity index is 1330. The molecule has 1 aliphatic rings. The first kappa shape index (κ1) is 26.1. The molecule has 4 rings (SSSR count). The Morgan fingerprint density at radius 3 is 2.69 bits per heavy atom. The molecule has 0 fully saturated rings. The third-order valence-corrected chi connectivity index (χ3v) is 6.86. The van der Waals surface area contributed by atoms with Crippen LogP contribution >= 0.6 is 11.6 Å². The lowest BCUT2D eigenvalue weighted by molar-refractivity contribution is 0.175. The number of nitrogens with two attached hydrogens (primary N) is 1. The second kappa shape index (κ2) is 10.6. The molecular formula is C25H28ClF3N6O. The molecule has 0 spiro atoms. The van der Waals surface area contributed by atoms with Gasteiger partial charge >= 0.3 is 0 Å². The van der Waals surface area contributed by atoms with Gasteiger partial charge in [-0.3, -0.25) is 5.41 Å². The quantitative estimate of drug-likeness (QED) is 0.346. The van der Waals surface area contributed by atoms with Gasteiger partial charge < -0.3 is 15.4 Å². The van der Waals surface area contributed by atoms with Crippen LogP contribution in [0.2, 0.25) is 5.02 Å². The molecule has 1 aromatic heterocycles. The van der Waals surface area contributed by atoms with Crippen molar-refractivity contribution < 1.29 is 17.9 Å². The molecule has 1 aliphatic heterocycles. The predicted molar refractivity (Wildman–Crippen MR) is 134 cm³/mol. The summed E-state index contributed by atoms with van der Waals surface area (Å²) in [5.41, 5.74) is 7.34. The van der Waals surface area contributed by atoms with E-state index in [1.54, 1.807) is 37.3 Å². The average molecular weight is 521 g/mol. The zero-order valence-corrected chi connectivity index (χ0v) is 21.0. The molecule has 0 amide bonds. The van der Waals surface area contributed by atoms with Crippen LogP contribution in [0.3, 0.4) is 0 Å². The lowest BCUT2D eigenvalue weighted by Crippen LogP contribution is -2.57. The van der Waals surface area contributed by atoms with Gasteiger partial charge in [0.1, 0.15) is 11.7 Å². The Morgan fingerprint density at radius 1 is 1.22 bits per heavy atom. The van der Waals surface area contributed by atoms with Gasteiger partial charge in [0.15, 0.2) is 11.6 Å². The van der Waals surface area contributed by atoms with Gasteiger partial charge in [0.25, 0.3) is 0 Å². The van der Waals surface area contributed by atoms with Crippen molar-refractivity contribution in [2.24, 2.45) is 22.6 Å². The first-order chi connectivity index (χ1) is 17.1. The zero-order valence-electron chi connectivity index (χ0n) is 20.2. The number of aliphatic imine (C=N–C) groups is 1. The van der Waals surface area contributed by atoms with Gasteiger partial charge in [0.2, 0.25) is 5.96 Å². The van der Waals surface area contributed by atoms with Crippen molar-refractivity contribution in [3.63, 3.8) is 0 Å². The van der Waals surface area contributed by atoms with Crippen LogP contribution in [0.4, 0.5) is 13.2 Å². The lowest BCUT2D eigenvalue weighted by atomic mass is 9.85. The van der Waals surface area contributed by atoms with Gasteiger partial charge in [-0.05, 0) is 48.6 Å². The van der Waals surface area contributed by atoms with Crippen LogP contribution in [0.5, 0.6) is 0 Å². The third kappa shape index (κ3) is 4.98. The Labute approximate surface area is 212 Å². The number of amidine groups is 1. The maximum Gasteiger partial charge on any atom is 0.229 e. The monoisotopic (exact) mass is 520 g/mol. The summed E-state index contributed by atoms with van der Waals surface area (Å²) in [4.78, 5) is 6.29. The van der Waals surface area contributed by atoms with E-state index in [-0.39, 0.29) is 29.7 Å². The minimum Gasteiger partial charge on any atom is -0.385 e. The zero-order chi connectivity index (χ0) is 26.1. The van der Waals surface area contributed by atoms with E-state index in [2.05, 4.69) is 10.1 Å². The van der Waals surface area contributed by atoms with Crippen LogP contribution in [0.15, 0.2) is 35.3 Å². The van der Waals surface area contributed by atoms with Crippen molar-refractivity contribution in [3.05, 3.63) is 64.1 Å². The molecule has 11 heteroatoms. The number of hydrogen-bond donors (Lipinski definition) is 2. The summed E-state index contributed by atoms with van der Waals surface area (Å²) < 4.78 is 48.7. The summed E-state index contributed by atoms with van der Waals surface area (Å²) in [6.45, 7) is 2.67. The van der Waals surface area contributed by atoms with E-state index < -0.39 is 23.6 Å². The molecule has 3 unspecified atom stereocenters. The Morgan fingerprint density at radius 2 is 1.97 bits per heavy atom. The summed E-state index contributed by atoms with van der Waals surface area (Å²) >= 11 is 6.22. The van der Waals surface area contributed by atoms with Gasteiger partial charge in [0.05, 0.1) is 23.3 Å². The van der Waals surface area contributed by atoms with Gasteiger partial charge in [0, 0.05) is 43.7 Å². The fourth-order valence-electron chi connectivity index (χ4n) is 4.68. The normalized spacial score (nSPS) is 19.2. The second-order valence-electron chi connectivity index (χ2n) is 9.09.